The normalized spacial score (nSPS) is 22.2. The van der Waals surface area contributed by atoms with Crippen molar-refractivity contribution in [1.82, 2.24) is 0 Å². The monoisotopic (exact) mass is 466 g/mol. The molecule has 0 fully saturated rings. The quantitative estimate of drug-likeness (QED) is 0.326. The number of hydrogen-bond donors (Lipinski definition) is 0. The van der Waals surface area contributed by atoms with Crippen molar-refractivity contribution < 1.29 is 14.2 Å². The van der Waals surface area contributed by atoms with E-state index in [4.69, 9.17) is 19.2 Å². The van der Waals surface area contributed by atoms with Gasteiger partial charge in [0.25, 0.3) is 6.71 Å². The van der Waals surface area contributed by atoms with Gasteiger partial charge < -0.3 is 19.1 Å². The van der Waals surface area contributed by atoms with Crippen molar-refractivity contribution in [1.29, 1.82) is 0 Å². The van der Waals surface area contributed by atoms with E-state index >= 15 is 0 Å². The first-order valence-corrected chi connectivity index (χ1v) is 12.3. The van der Waals surface area contributed by atoms with E-state index in [1.165, 1.54) is 10.9 Å². The summed E-state index contributed by atoms with van der Waals surface area (Å²) < 4.78 is 19.1. The second kappa shape index (κ2) is 6.21. The number of fused-ring (bicyclic) bond motifs is 3. The lowest BCUT2D eigenvalue weighted by Gasteiger charge is -2.42. The number of allylic oxidation sites excluding steroid dienone is 1. The highest BCUT2D eigenvalue weighted by Crippen LogP contribution is 2.50. The van der Waals surface area contributed by atoms with E-state index in [9.17, 15) is 0 Å². The maximum absolute atomic E-state index is 6.44. The Bertz CT molecular complexity index is 1650. The van der Waals surface area contributed by atoms with Gasteiger partial charge in [-0.25, -0.2) is 0 Å². The number of anilines is 3. The summed E-state index contributed by atoms with van der Waals surface area (Å²) in [5, 5.41) is 0. The molecule has 2 atom stereocenters. The summed E-state index contributed by atoms with van der Waals surface area (Å²) in [5.41, 5.74) is 7.44. The van der Waals surface area contributed by atoms with E-state index in [1.807, 2.05) is 30.5 Å². The van der Waals surface area contributed by atoms with Crippen molar-refractivity contribution in [3.8, 4) is 28.7 Å². The Labute approximate surface area is 208 Å². The maximum atomic E-state index is 6.44. The van der Waals surface area contributed by atoms with Crippen LogP contribution in [0.2, 0.25) is 0 Å². The molecular formula is C30H19BN2O3. The Kier molecular flexibility index (Phi) is 3.25. The van der Waals surface area contributed by atoms with Crippen molar-refractivity contribution in [2.45, 2.75) is 18.6 Å². The lowest BCUT2D eigenvalue weighted by atomic mass is 9.33. The predicted octanol–water partition coefficient (Wildman–Crippen LogP) is 4.81. The Hall–Kier alpha value is -4.45. The SMILES string of the molecule is CC12N=CC=CC1Oc1ccc(N3c4cccc5c4B4c6c(cccc6Oc6cccc3c64)O5)cc12. The van der Waals surface area contributed by atoms with Gasteiger partial charge in [-0.05, 0) is 84.6 Å². The Balaban J connectivity index is 1.31. The molecule has 5 nitrogen and oxygen atoms in total. The van der Waals surface area contributed by atoms with Gasteiger partial charge in [-0.3, -0.25) is 4.99 Å². The second-order valence-electron chi connectivity index (χ2n) is 10.0. The van der Waals surface area contributed by atoms with Crippen LogP contribution < -0.4 is 35.5 Å². The molecule has 0 amide bonds. The molecule has 2 unspecified atom stereocenters. The van der Waals surface area contributed by atoms with Gasteiger partial charge in [0, 0.05) is 34.3 Å². The predicted molar refractivity (Wildman–Crippen MR) is 142 cm³/mol. The Morgan fingerprint density at radius 2 is 1.42 bits per heavy atom. The summed E-state index contributed by atoms with van der Waals surface area (Å²) >= 11 is 0. The van der Waals surface area contributed by atoms with Crippen LogP contribution in [-0.2, 0) is 5.54 Å². The van der Waals surface area contributed by atoms with E-state index in [-0.39, 0.29) is 12.8 Å². The van der Waals surface area contributed by atoms with E-state index in [0.717, 1.165) is 56.8 Å². The number of nitrogens with zero attached hydrogens (tertiary/aromatic N) is 2. The molecule has 0 aliphatic carbocycles. The standard InChI is InChI=1S/C30H19BN2O3/c1-30-18-16-17(13-14-21(18)36-26(30)12-5-15-32-30)33-19-6-2-8-22-27(19)31-28-20(33)7-3-9-23(28)35-25-11-4-10-24(34-22)29(25)31/h2-16,26H,1H3. The van der Waals surface area contributed by atoms with Gasteiger partial charge in [-0.2, -0.15) is 0 Å². The van der Waals surface area contributed by atoms with E-state index < -0.39 is 5.54 Å². The van der Waals surface area contributed by atoms with Crippen molar-refractivity contribution >= 4 is 46.4 Å². The van der Waals surface area contributed by atoms with Crippen LogP contribution in [0.25, 0.3) is 0 Å². The van der Waals surface area contributed by atoms with Gasteiger partial charge >= 0.3 is 0 Å². The number of hydrogen-bond acceptors (Lipinski definition) is 5. The molecule has 0 saturated heterocycles. The van der Waals surface area contributed by atoms with Crippen LogP contribution in [0.3, 0.4) is 0 Å². The molecular weight excluding hydrogens is 447 g/mol. The third kappa shape index (κ3) is 2.12. The first-order chi connectivity index (χ1) is 17.7. The zero-order valence-electron chi connectivity index (χ0n) is 19.4. The average molecular weight is 466 g/mol. The Morgan fingerprint density at radius 3 is 2.11 bits per heavy atom. The third-order valence-corrected chi connectivity index (χ3v) is 8.19. The number of dihydropyridines is 1. The highest BCUT2D eigenvalue weighted by Gasteiger charge is 2.48. The minimum atomic E-state index is -0.440. The van der Waals surface area contributed by atoms with Crippen molar-refractivity contribution in [3.05, 3.63) is 90.5 Å². The molecule has 6 heteroatoms. The minimum absolute atomic E-state index is 0.0695. The highest BCUT2D eigenvalue weighted by atomic mass is 16.5. The second-order valence-corrected chi connectivity index (χ2v) is 10.0. The van der Waals surface area contributed by atoms with Crippen molar-refractivity contribution in [2.24, 2.45) is 4.99 Å². The molecule has 0 aromatic heterocycles. The van der Waals surface area contributed by atoms with Crippen LogP contribution in [0.15, 0.2) is 89.9 Å². The fourth-order valence-corrected chi connectivity index (χ4v) is 6.56. The maximum Gasteiger partial charge on any atom is 0.266 e. The lowest BCUT2D eigenvalue weighted by Crippen LogP contribution is -2.61. The van der Waals surface area contributed by atoms with Crippen LogP contribution >= 0.6 is 0 Å². The zero-order valence-corrected chi connectivity index (χ0v) is 19.4. The summed E-state index contributed by atoms with van der Waals surface area (Å²) in [4.78, 5) is 7.17. The highest BCUT2D eigenvalue weighted by molar-refractivity contribution is 7.00. The summed E-state index contributed by atoms with van der Waals surface area (Å²) in [5.74, 6) is 4.42. The molecule has 4 aromatic carbocycles. The van der Waals surface area contributed by atoms with Gasteiger partial charge in [0.1, 0.15) is 40.4 Å². The molecule has 0 saturated carbocycles. The van der Waals surface area contributed by atoms with Crippen LogP contribution in [0.5, 0.6) is 28.7 Å². The van der Waals surface area contributed by atoms with Crippen LogP contribution in [-0.4, -0.2) is 19.0 Å². The lowest BCUT2D eigenvalue weighted by molar-refractivity contribution is 0.207. The first kappa shape index (κ1) is 18.8. The molecule has 0 spiro atoms. The molecule has 5 heterocycles. The third-order valence-electron chi connectivity index (χ3n) is 8.19. The minimum Gasteiger partial charge on any atom is -0.483 e. The zero-order chi connectivity index (χ0) is 23.6. The average Bonchev–Trinajstić information content (AvgIpc) is 3.20. The number of aliphatic imine (C=N–C) groups is 1. The van der Waals surface area contributed by atoms with E-state index in [0.29, 0.717) is 0 Å². The van der Waals surface area contributed by atoms with Gasteiger partial charge in [0.05, 0.1) is 0 Å². The van der Waals surface area contributed by atoms with Gasteiger partial charge in [0.15, 0.2) is 0 Å². The number of benzene rings is 4. The molecule has 0 radical (unpaired) electrons. The van der Waals surface area contributed by atoms with Crippen molar-refractivity contribution in [2.75, 3.05) is 4.90 Å². The van der Waals surface area contributed by atoms with Gasteiger partial charge in [-0.15, -0.1) is 0 Å². The molecule has 170 valence electrons. The molecule has 9 rings (SSSR count). The fourth-order valence-electron chi connectivity index (χ4n) is 6.56. The summed E-state index contributed by atoms with van der Waals surface area (Å²) in [6.07, 6.45) is 5.83. The summed E-state index contributed by atoms with van der Waals surface area (Å²) in [6.45, 7) is 2.22. The summed E-state index contributed by atoms with van der Waals surface area (Å²) in [6, 6.07) is 25.2. The van der Waals surface area contributed by atoms with Crippen LogP contribution in [0.4, 0.5) is 17.1 Å². The topological polar surface area (TPSA) is 43.3 Å². The van der Waals surface area contributed by atoms with Crippen molar-refractivity contribution in [3.63, 3.8) is 0 Å². The van der Waals surface area contributed by atoms with Crippen LogP contribution in [0, 0.1) is 0 Å². The van der Waals surface area contributed by atoms with Gasteiger partial charge in [0.2, 0.25) is 0 Å². The van der Waals surface area contributed by atoms with Gasteiger partial charge in [-0.1, -0.05) is 18.2 Å². The van der Waals surface area contributed by atoms with Crippen LogP contribution in [0.1, 0.15) is 12.5 Å². The Morgan fingerprint density at radius 1 is 0.778 bits per heavy atom. The smallest absolute Gasteiger partial charge is 0.266 e. The summed E-state index contributed by atoms with van der Waals surface area (Å²) in [7, 11) is 0. The molecule has 5 aliphatic rings. The van der Waals surface area contributed by atoms with E-state index in [1.54, 1.807) is 0 Å². The fraction of sp³-hybridized carbons (Fsp3) is 0.100. The number of rotatable bonds is 1. The first-order valence-electron chi connectivity index (χ1n) is 12.3. The number of ether oxygens (including phenoxy) is 3. The molecule has 0 N–H and O–H groups in total. The molecule has 0 bridgehead atoms. The van der Waals surface area contributed by atoms with E-state index in [2.05, 4.69) is 72.5 Å². The molecule has 4 aromatic rings. The molecule has 36 heavy (non-hydrogen) atoms. The largest absolute Gasteiger partial charge is 0.483 e. The molecule has 5 aliphatic heterocycles.